The second-order valence-corrected chi connectivity index (χ2v) is 10.8. The number of aliphatic hydroxyl groups is 2. The molecule has 1 aliphatic heterocycles. The highest BCUT2D eigenvalue weighted by Crippen LogP contribution is 2.55. The highest BCUT2D eigenvalue weighted by Gasteiger charge is 2.41. The Morgan fingerprint density at radius 3 is 2.47 bits per heavy atom. The highest BCUT2D eigenvalue weighted by atomic mass is 16.5. The van der Waals surface area contributed by atoms with Crippen molar-refractivity contribution in [2.24, 2.45) is 5.41 Å². The minimum atomic E-state index is -0.415. The molecule has 3 nitrogen and oxygen atoms in total. The van der Waals surface area contributed by atoms with Crippen molar-refractivity contribution in [3.63, 3.8) is 0 Å². The average Bonchev–Trinajstić information content (AvgIpc) is 3.45. The Bertz CT molecular complexity index is 912. The maximum Gasteiger partial charge on any atom is 0.0854 e. The molecule has 3 aliphatic rings. The zero-order valence-corrected chi connectivity index (χ0v) is 19.4. The number of benzene rings is 2. The summed E-state index contributed by atoms with van der Waals surface area (Å²) in [7, 11) is 0. The van der Waals surface area contributed by atoms with Crippen LogP contribution in [-0.4, -0.2) is 29.0 Å². The van der Waals surface area contributed by atoms with E-state index in [0.29, 0.717) is 18.3 Å². The maximum absolute atomic E-state index is 10.2. The predicted octanol–water partition coefficient (Wildman–Crippen LogP) is 5.99. The lowest BCUT2D eigenvalue weighted by Crippen LogP contribution is -2.33. The van der Waals surface area contributed by atoms with Gasteiger partial charge < -0.3 is 14.9 Å². The van der Waals surface area contributed by atoms with Crippen LogP contribution in [0.3, 0.4) is 0 Å². The summed E-state index contributed by atoms with van der Waals surface area (Å²) in [6, 6.07) is 15.9. The van der Waals surface area contributed by atoms with E-state index in [1.54, 1.807) is 0 Å². The number of ether oxygens (including phenoxy) is 1. The summed E-state index contributed by atoms with van der Waals surface area (Å²) in [6.07, 6.45) is 11.2. The van der Waals surface area contributed by atoms with Crippen molar-refractivity contribution in [1.29, 1.82) is 0 Å². The summed E-state index contributed by atoms with van der Waals surface area (Å²) in [5.74, 6) is 0.751. The molecular formula is C29H38O3. The first-order chi connectivity index (χ1) is 15.5. The fourth-order valence-electron chi connectivity index (χ4n) is 6.60. The molecular weight excluding hydrogens is 396 g/mol. The van der Waals surface area contributed by atoms with Crippen molar-refractivity contribution in [2.75, 3.05) is 6.61 Å². The van der Waals surface area contributed by atoms with Gasteiger partial charge in [-0.15, -0.1) is 0 Å². The van der Waals surface area contributed by atoms with Gasteiger partial charge in [0, 0.05) is 12.8 Å². The van der Waals surface area contributed by atoms with Crippen molar-refractivity contribution in [1.82, 2.24) is 0 Å². The lowest BCUT2D eigenvalue weighted by Gasteiger charge is -2.32. The van der Waals surface area contributed by atoms with E-state index in [1.807, 2.05) is 0 Å². The van der Waals surface area contributed by atoms with Crippen molar-refractivity contribution in [3.8, 4) is 0 Å². The average molecular weight is 435 g/mol. The van der Waals surface area contributed by atoms with Crippen molar-refractivity contribution in [2.45, 2.75) is 95.4 Å². The molecule has 5 rings (SSSR count). The molecule has 2 N–H and O–H groups in total. The standard InChI is InChI=1S/C29H38O3/c1-20-4-7-23(28-17-26(31)16-27(19-30)32-28)15-25(20)14-21-5-8-22(9-6-21)24-10-13-29(18-24)11-2-3-12-29/h4-9,15,24,26-28,30-31H,2-3,10-14,16-19H2,1H3/t24?,26?,27?,28-/m0/s1. The van der Waals surface area contributed by atoms with E-state index in [0.717, 1.165) is 17.9 Å². The van der Waals surface area contributed by atoms with Crippen LogP contribution in [0, 0.1) is 12.3 Å². The predicted molar refractivity (Wildman–Crippen MR) is 128 cm³/mol. The Balaban J connectivity index is 1.27. The van der Waals surface area contributed by atoms with E-state index in [2.05, 4.69) is 49.4 Å². The van der Waals surface area contributed by atoms with Gasteiger partial charge in [0.25, 0.3) is 0 Å². The van der Waals surface area contributed by atoms with Gasteiger partial charge in [-0.1, -0.05) is 55.3 Å². The molecule has 3 fully saturated rings. The molecule has 1 spiro atoms. The van der Waals surface area contributed by atoms with E-state index < -0.39 is 6.10 Å². The molecule has 0 amide bonds. The molecule has 3 unspecified atom stereocenters. The van der Waals surface area contributed by atoms with Gasteiger partial charge in [0.2, 0.25) is 0 Å². The number of hydrogen-bond donors (Lipinski definition) is 2. The molecule has 0 radical (unpaired) electrons. The minimum absolute atomic E-state index is 0.0409. The summed E-state index contributed by atoms with van der Waals surface area (Å²) in [4.78, 5) is 0. The van der Waals surface area contributed by atoms with Crippen LogP contribution in [0.5, 0.6) is 0 Å². The molecule has 32 heavy (non-hydrogen) atoms. The molecule has 2 aromatic rings. The first-order valence-electron chi connectivity index (χ1n) is 12.7. The van der Waals surface area contributed by atoms with Gasteiger partial charge >= 0.3 is 0 Å². The van der Waals surface area contributed by atoms with Gasteiger partial charge in [0.1, 0.15) is 0 Å². The Hall–Kier alpha value is -1.68. The lowest BCUT2D eigenvalue weighted by molar-refractivity contribution is -0.113. The number of aryl methyl sites for hydroxylation is 1. The molecule has 3 heteroatoms. The molecule has 1 saturated heterocycles. The van der Waals surface area contributed by atoms with Gasteiger partial charge in [-0.3, -0.25) is 0 Å². The van der Waals surface area contributed by atoms with E-state index in [1.165, 1.54) is 67.2 Å². The zero-order valence-electron chi connectivity index (χ0n) is 19.4. The Morgan fingerprint density at radius 2 is 1.72 bits per heavy atom. The first-order valence-corrected chi connectivity index (χ1v) is 12.7. The second kappa shape index (κ2) is 9.29. The van der Waals surface area contributed by atoms with Gasteiger partial charge in [-0.25, -0.2) is 0 Å². The monoisotopic (exact) mass is 434 g/mol. The highest BCUT2D eigenvalue weighted by molar-refractivity contribution is 5.37. The third-order valence-electron chi connectivity index (χ3n) is 8.54. The summed E-state index contributed by atoms with van der Waals surface area (Å²) >= 11 is 0. The van der Waals surface area contributed by atoms with Crippen LogP contribution in [0.2, 0.25) is 0 Å². The summed E-state index contributed by atoms with van der Waals surface area (Å²) in [6.45, 7) is 2.13. The van der Waals surface area contributed by atoms with Crippen molar-refractivity contribution >= 4 is 0 Å². The van der Waals surface area contributed by atoms with Crippen LogP contribution in [0.4, 0.5) is 0 Å². The van der Waals surface area contributed by atoms with Gasteiger partial charge in [0.05, 0.1) is 24.9 Å². The van der Waals surface area contributed by atoms with E-state index in [4.69, 9.17) is 4.74 Å². The molecule has 2 aliphatic carbocycles. The summed E-state index contributed by atoms with van der Waals surface area (Å²) in [5, 5.41) is 19.7. The van der Waals surface area contributed by atoms with Gasteiger partial charge in [-0.2, -0.15) is 0 Å². The largest absolute Gasteiger partial charge is 0.394 e. The summed E-state index contributed by atoms with van der Waals surface area (Å²) < 4.78 is 6.04. The van der Waals surface area contributed by atoms with Crippen molar-refractivity contribution < 1.29 is 14.9 Å². The lowest BCUT2D eigenvalue weighted by atomic mass is 9.82. The minimum Gasteiger partial charge on any atom is -0.394 e. The Morgan fingerprint density at radius 1 is 0.969 bits per heavy atom. The Kier molecular flexibility index (Phi) is 6.42. The van der Waals surface area contributed by atoms with Gasteiger partial charge in [0.15, 0.2) is 0 Å². The Labute approximate surface area is 192 Å². The molecule has 0 aromatic heterocycles. The topological polar surface area (TPSA) is 49.7 Å². The van der Waals surface area contributed by atoms with E-state index in [-0.39, 0.29) is 18.8 Å². The van der Waals surface area contributed by atoms with Crippen LogP contribution < -0.4 is 0 Å². The fourth-order valence-corrected chi connectivity index (χ4v) is 6.60. The fraction of sp³-hybridized carbons (Fsp3) is 0.586. The third-order valence-corrected chi connectivity index (χ3v) is 8.54. The maximum atomic E-state index is 10.2. The smallest absolute Gasteiger partial charge is 0.0854 e. The molecule has 2 aromatic carbocycles. The molecule has 1 heterocycles. The second-order valence-electron chi connectivity index (χ2n) is 10.8. The van der Waals surface area contributed by atoms with Crippen LogP contribution in [0.1, 0.15) is 97.6 Å². The van der Waals surface area contributed by atoms with Crippen LogP contribution in [-0.2, 0) is 11.2 Å². The van der Waals surface area contributed by atoms with Crippen LogP contribution >= 0.6 is 0 Å². The molecule has 2 saturated carbocycles. The molecule has 172 valence electrons. The van der Waals surface area contributed by atoms with E-state index in [9.17, 15) is 10.2 Å². The number of hydrogen-bond acceptors (Lipinski definition) is 3. The quantitative estimate of drug-likeness (QED) is 0.608. The molecule has 0 bridgehead atoms. The molecule has 4 atom stereocenters. The number of rotatable bonds is 5. The normalized spacial score (nSPS) is 29.6. The van der Waals surface area contributed by atoms with Crippen molar-refractivity contribution in [3.05, 3.63) is 70.3 Å². The number of aliphatic hydroxyl groups excluding tert-OH is 2. The first kappa shape index (κ1) is 22.1. The SMILES string of the molecule is Cc1ccc([C@@H]2CC(O)CC(CO)O2)cc1Cc1ccc(C2CCC3(CCCC3)C2)cc1. The summed E-state index contributed by atoms with van der Waals surface area (Å²) in [5.41, 5.74) is 7.25. The van der Waals surface area contributed by atoms with E-state index >= 15 is 0 Å². The van der Waals surface area contributed by atoms with Crippen LogP contribution in [0.15, 0.2) is 42.5 Å². The third kappa shape index (κ3) is 4.66. The zero-order chi connectivity index (χ0) is 22.1. The van der Waals surface area contributed by atoms with Gasteiger partial charge in [-0.05, 0) is 84.6 Å². The van der Waals surface area contributed by atoms with Crippen LogP contribution in [0.25, 0.3) is 0 Å².